The molecule has 0 bridgehead atoms. The second kappa shape index (κ2) is 5.52. The third kappa shape index (κ3) is 2.81. The predicted octanol–water partition coefficient (Wildman–Crippen LogP) is 2.45. The van der Waals surface area contributed by atoms with Crippen LogP contribution in [0.2, 0.25) is 0 Å². The maximum Gasteiger partial charge on any atom is 0.256 e. The van der Waals surface area contributed by atoms with Crippen molar-refractivity contribution >= 4 is 17.7 Å². The molecule has 21 heavy (non-hydrogen) atoms. The molecule has 0 spiro atoms. The van der Waals surface area contributed by atoms with E-state index < -0.39 is 0 Å². The van der Waals surface area contributed by atoms with Crippen molar-refractivity contribution in [3.8, 4) is 11.5 Å². The summed E-state index contributed by atoms with van der Waals surface area (Å²) >= 11 is 1.48. The molecular formula is C15H18N2O3S. The minimum atomic E-state index is -0.378. The molecule has 0 aliphatic carbocycles. The van der Waals surface area contributed by atoms with Crippen LogP contribution in [0, 0.1) is 5.92 Å². The van der Waals surface area contributed by atoms with Gasteiger partial charge in [0.25, 0.3) is 5.91 Å². The summed E-state index contributed by atoms with van der Waals surface area (Å²) in [6.07, 6.45) is 1.86. The molecule has 0 fully saturated rings. The van der Waals surface area contributed by atoms with E-state index in [1.807, 2.05) is 24.4 Å². The number of nitrogens with two attached hydrogens (primary N) is 1. The number of hydrogen-bond donors (Lipinski definition) is 1. The molecule has 0 saturated heterocycles. The van der Waals surface area contributed by atoms with Crippen molar-refractivity contribution in [1.82, 2.24) is 4.90 Å². The molecule has 1 unspecified atom stereocenters. The Labute approximate surface area is 128 Å². The van der Waals surface area contributed by atoms with Crippen molar-refractivity contribution in [3.63, 3.8) is 0 Å². The second-order valence-electron chi connectivity index (χ2n) is 5.53. The molecular weight excluding hydrogens is 288 g/mol. The number of carbonyl (C=O) groups is 1. The van der Waals surface area contributed by atoms with Crippen molar-refractivity contribution in [2.24, 2.45) is 11.7 Å². The Kier molecular flexibility index (Phi) is 3.71. The largest absolute Gasteiger partial charge is 0.454 e. The highest BCUT2D eigenvalue weighted by Crippen LogP contribution is 2.46. The lowest BCUT2D eigenvalue weighted by atomic mass is 10.1. The maximum absolute atomic E-state index is 11.5. The fourth-order valence-corrected chi connectivity index (χ4v) is 3.57. The van der Waals surface area contributed by atoms with Gasteiger partial charge in [-0.25, -0.2) is 0 Å². The lowest BCUT2D eigenvalue weighted by Gasteiger charge is -2.26. The monoisotopic (exact) mass is 306 g/mol. The Balaban J connectivity index is 1.87. The molecule has 3 rings (SSSR count). The van der Waals surface area contributed by atoms with Crippen LogP contribution in [0.1, 0.15) is 24.8 Å². The number of fused-ring (bicyclic) bond motifs is 1. The second-order valence-corrected chi connectivity index (χ2v) is 6.65. The van der Waals surface area contributed by atoms with Gasteiger partial charge < -0.3 is 20.1 Å². The molecule has 112 valence electrons. The zero-order valence-corrected chi connectivity index (χ0v) is 12.9. The average molecular weight is 306 g/mol. The van der Waals surface area contributed by atoms with Gasteiger partial charge in [0.2, 0.25) is 6.79 Å². The first-order chi connectivity index (χ1) is 10.0. The van der Waals surface area contributed by atoms with Crippen LogP contribution in [0.15, 0.2) is 29.3 Å². The van der Waals surface area contributed by atoms with Crippen LogP contribution in [-0.4, -0.2) is 24.1 Å². The highest BCUT2D eigenvalue weighted by Gasteiger charge is 2.30. The van der Waals surface area contributed by atoms with E-state index in [4.69, 9.17) is 15.2 Å². The van der Waals surface area contributed by atoms with Gasteiger partial charge in [0.05, 0.1) is 4.91 Å². The number of hydrogen-bond acceptors (Lipinski definition) is 5. The Morgan fingerprint density at radius 2 is 2.19 bits per heavy atom. The van der Waals surface area contributed by atoms with E-state index in [0.29, 0.717) is 10.8 Å². The Hall–Kier alpha value is -1.82. The molecule has 0 aromatic heterocycles. The van der Waals surface area contributed by atoms with E-state index in [-0.39, 0.29) is 18.1 Å². The summed E-state index contributed by atoms with van der Waals surface area (Å²) in [6.45, 7) is 5.43. The van der Waals surface area contributed by atoms with Crippen LogP contribution in [0.3, 0.4) is 0 Å². The maximum atomic E-state index is 11.5. The van der Waals surface area contributed by atoms with Crippen molar-refractivity contribution in [1.29, 1.82) is 0 Å². The molecule has 0 radical (unpaired) electrons. The van der Waals surface area contributed by atoms with Crippen LogP contribution in [0.4, 0.5) is 0 Å². The summed E-state index contributed by atoms with van der Waals surface area (Å²) in [4.78, 5) is 14.2. The summed E-state index contributed by atoms with van der Waals surface area (Å²) < 4.78 is 10.8. The van der Waals surface area contributed by atoms with Gasteiger partial charge in [-0.1, -0.05) is 31.7 Å². The highest BCUT2D eigenvalue weighted by atomic mass is 32.2. The number of carbonyl (C=O) groups excluding carboxylic acids is 1. The van der Waals surface area contributed by atoms with E-state index >= 15 is 0 Å². The zero-order chi connectivity index (χ0) is 15.0. The topological polar surface area (TPSA) is 64.8 Å². The summed E-state index contributed by atoms with van der Waals surface area (Å²) in [5.41, 5.74) is 6.50. The van der Waals surface area contributed by atoms with Gasteiger partial charge >= 0.3 is 0 Å². The summed E-state index contributed by atoms with van der Waals surface area (Å²) in [5, 5.41) is 0.0457. The Morgan fingerprint density at radius 3 is 2.90 bits per heavy atom. The normalized spacial score (nSPS) is 20.0. The van der Waals surface area contributed by atoms with Gasteiger partial charge in [0.15, 0.2) is 11.5 Å². The minimum absolute atomic E-state index is 0.0457. The smallest absolute Gasteiger partial charge is 0.256 e. The van der Waals surface area contributed by atoms with Gasteiger partial charge in [0.1, 0.15) is 5.37 Å². The van der Waals surface area contributed by atoms with E-state index in [1.165, 1.54) is 11.8 Å². The predicted molar refractivity (Wildman–Crippen MR) is 81.7 cm³/mol. The van der Waals surface area contributed by atoms with Gasteiger partial charge in [0, 0.05) is 12.7 Å². The molecule has 1 atom stereocenters. The third-order valence-corrected chi connectivity index (χ3v) is 4.65. The summed E-state index contributed by atoms with van der Waals surface area (Å²) in [5.74, 6) is 1.63. The number of amides is 1. The fraction of sp³-hybridized carbons (Fsp3) is 0.400. The lowest BCUT2D eigenvalue weighted by Crippen LogP contribution is -2.22. The molecule has 1 aromatic rings. The van der Waals surface area contributed by atoms with Gasteiger partial charge in [-0.15, -0.1) is 0 Å². The van der Waals surface area contributed by atoms with Crippen LogP contribution in [-0.2, 0) is 4.79 Å². The van der Waals surface area contributed by atoms with E-state index in [0.717, 1.165) is 23.6 Å². The highest BCUT2D eigenvalue weighted by molar-refractivity contribution is 8.04. The molecule has 1 aromatic carbocycles. The first-order valence-electron chi connectivity index (χ1n) is 6.88. The van der Waals surface area contributed by atoms with E-state index in [1.54, 1.807) is 0 Å². The molecule has 0 saturated carbocycles. The lowest BCUT2D eigenvalue weighted by molar-refractivity contribution is -0.113. The van der Waals surface area contributed by atoms with Crippen molar-refractivity contribution < 1.29 is 14.3 Å². The van der Waals surface area contributed by atoms with Crippen molar-refractivity contribution in [2.45, 2.75) is 19.2 Å². The van der Waals surface area contributed by atoms with E-state index in [9.17, 15) is 4.79 Å². The molecule has 1 amide bonds. The van der Waals surface area contributed by atoms with Crippen molar-refractivity contribution in [3.05, 3.63) is 34.9 Å². The van der Waals surface area contributed by atoms with Crippen LogP contribution in [0.5, 0.6) is 11.5 Å². The number of primary amides is 1. The first-order valence-corrected chi connectivity index (χ1v) is 7.76. The first kappa shape index (κ1) is 14.1. The van der Waals surface area contributed by atoms with Gasteiger partial charge in [-0.2, -0.15) is 0 Å². The Bertz CT molecular complexity index is 601. The van der Waals surface area contributed by atoms with Crippen LogP contribution >= 0.6 is 11.8 Å². The molecule has 5 nitrogen and oxygen atoms in total. The molecule has 6 heteroatoms. The fourth-order valence-electron chi connectivity index (χ4n) is 2.45. The number of rotatable bonds is 4. The van der Waals surface area contributed by atoms with Crippen molar-refractivity contribution in [2.75, 3.05) is 13.3 Å². The minimum Gasteiger partial charge on any atom is -0.454 e. The standard InChI is InChI=1S/C15H18N2O3S/c1-9(2)6-17-7-13(14(16)18)21-15(17)10-3-4-11-12(5-10)20-8-19-11/h3-5,7,9,15H,6,8H2,1-2H3,(H2,16,18). The number of nitrogens with zero attached hydrogens (tertiary/aromatic N) is 1. The van der Waals surface area contributed by atoms with Gasteiger partial charge in [-0.3, -0.25) is 4.79 Å². The molecule has 2 aliphatic heterocycles. The summed E-state index contributed by atoms with van der Waals surface area (Å²) in [6, 6.07) is 5.90. The number of benzene rings is 1. The Morgan fingerprint density at radius 1 is 1.43 bits per heavy atom. The number of thioether (sulfide) groups is 1. The third-order valence-electron chi connectivity index (χ3n) is 3.32. The quantitative estimate of drug-likeness (QED) is 0.925. The molecule has 2 heterocycles. The zero-order valence-electron chi connectivity index (χ0n) is 12.0. The van der Waals surface area contributed by atoms with E-state index in [2.05, 4.69) is 18.7 Å². The van der Waals surface area contributed by atoms with Crippen LogP contribution in [0.25, 0.3) is 0 Å². The molecule has 2 N–H and O–H groups in total. The summed E-state index contributed by atoms with van der Waals surface area (Å²) in [7, 11) is 0. The molecule has 2 aliphatic rings. The SMILES string of the molecule is CC(C)CN1C=C(C(N)=O)SC1c1ccc2c(c1)OCO2. The van der Waals surface area contributed by atoms with Gasteiger partial charge in [-0.05, 0) is 23.6 Å². The number of ether oxygens (including phenoxy) is 2. The average Bonchev–Trinajstić information content (AvgIpc) is 3.03. The van der Waals surface area contributed by atoms with Crippen LogP contribution < -0.4 is 15.2 Å².